The van der Waals surface area contributed by atoms with E-state index in [1.807, 2.05) is 0 Å². The number of halogens is 1. The van der Waals surface area contributed by atoms with Crippen LogP contribution in [0, 0.1) is 0 Å². The average Bonchev–Trinajstić information content (AvgIpc) is 3.21. The van der Waals surface area contributed by atoms with Crippen molar-refractivity contribution >= 4 is 27.5 Å². The maximum atomic E-state index is 12.5. The topological polar surface area (TPSA) is 97.2 Å². The molecule has 0 saturated carbocycles. The first-order valence-corrected chi connectivity index (χ1v) is 10.1. The van der Waals surface area contributed by atoms with E-state index in [1.165, 1.54) is 32.3 Å². The minimum absolute atomic E-state index is 0.0586. The Morgan fingerprint density at radius 1 is 1.21 bits per heavy atom. The summed E-state index contributed by atoms with van der Waals surface area (Å²) in [5.41, 5.74) is 1.02. The Balaban J connectivity index is 1.77. The van der Waals surface area contributed by atoms with Crippen molar-refractivity contribution in [1.82, 2.24) is 24.4 Å². The van der Waals surface area contributed by atoms with Gasteiger partial charge >= 0.3 is 0 Å². The van der Waals surface area contributed by atoms with Crippen LogP contribution in [0.3, 0.4) is 0 Å². The highest BCUT2D eigenvalue weighted by Gasteiger charge is 2.22. The molecule has 2 heterocycles. The zero-order valence-electron chi connectivity index (χ0n) is 15.2. The van der Waals surface area contributed by atoms with Gasteiger partial charge in [-0.3, -0.25) is 4.79 Å². The number of hydrogen-bond acceptors (Lipinski definition) is 5. The van der Waals surface area contributed by atoms with Crippen LogP contribution in [-0.4, -0.2) is 47.5 Å². The molecule has 0 atom stereocenters. The molecule has 0 aliphatic heterocycles. The highest BCUT2D eigenvalue weighted by atomic mass is 35.5. The second-order valence-electron chi connectivity index (χ2n) is 6.09. The second-order valence-corrected chi connectivity index (χ2v) is 8.62. The highest BCUT2D eigenvalue weighted by molar-refractivity contribution is 7.89. The predicted molar refractivity (Wildman–Crippen MR) is 105 cm³/mol. The van der Waals surface area contributed by atoms with Gasteiger partial charge in [0.05, 0.1) is 5.02 Å². The molecule has 0 radical (unpaired) electrons. The molecule has 28 heavy (non-hydrogen) atoms. The fourth-order valence-corrected chi connectivity index (χ4v) is 3.82. The van der Waals surface area contributed by atoms with Crippen LogP contribution in [0.4, 0.5) is 0 Å². The van der Waals surface area contributed by atoms with Crippen molar-refractivity contribution < 1.29 is 13.2 Å². The van der Waals surface area contributed by atoms with Gasteiger partial charge in [0.2, 0.25) is 10.0 Å². The molecule has 146 valence electrons. The number of benzene rings is 1. The van der Waals surface area contributed by atoms with E-state index in [0.29, 0.717) is 5.82 Å². The summed E-state index contributed by atoms with van der Waals surface area (Å²) < 4.78 is 27.4. The Kier molecular flexibility index (Phi) is 5.78. The standard InChI is InChI=1S/C18H18ClN5O3S/c1-23(2)28(26,27)16-11-14(4-5-15(16)19)18(25)21-12-13-6-8-20-17(10-13)24-9-3-7-22-24/h3-11H,12H2,1-2H3,(H,21,25). The minimum Gasteiger partial charge on any atom is -0.348 e. The van der Waals surface area contributed by atoms with Crippen molar-refractivity contribution in [2.45, 2.75) is 11.4 Å². The maximum Gasteiger partial charge on any atom is 0.251 e. The molecule has 0 spiro atoms. The number of carbonyl (C=O) groups is 1. The van der Waals surface area contributed by atoms with E-state index in [-0.39, 0.29) is 22.0 Å². The number of hydrogen-bond donors (Lipinski definition) is 1. The van der Waals surface area contributed by atoms with Gasteiger partial charge in [-0.25, -0.2) is 22.4 Å². The average molecular weight is 420 g/mol. The number of aromatic nitrogens is 3. The summed E-state index contributed by atoms with van der Waals surface area (Å²) in [5, 5.41) is 6.94. The van der Waals surface area contributed by atoms with Crippen molar-refractivity contribution in [1.29, 1.82) is 0 Å². The molecule has 0 saturated heterocycles. The molecule has 0 fully saturated rings. The Labute approximate surface area is 167 Å². The first-order valence-electron chi connectivity index (χ1n) is 8.24. The van der Waals surface area contributed by atoms with Gasteiger partial charge in [-0.05, 0) is 42.0 Å². The zero-order chi connectivity index (χ0) is 20.3. The summed E-state index contributed by atoms with van der Waals surface area (Å²) in [7, 11) is -0.954. The van der Waals surface area contributed by atoms with Gasteiger partial charge in [0.15, 0.2) is 5.82 Å². The molecular formula is C18H18ClN5O3S. The lowest BCUT2D eigenvalue weighted by Gasteiger charge is -2.14. The van der Waals surface area contributed by atoms with Crippen LogP contribution in [-0.2, 0) is 16.6 Å². The number of amides is 1. The van der Waals surface area contributed by atoms with Gasteiger partial charge in [0.1, 0.15) is 4.90 Å². The Hall–Kier alpha value is -2.75. The van der Waals surface area contributed by atoms with Crippen LogP contribution in [0.5, 0.6) is 0 Å². The predicted octanol–water partition coefficient (Wildman–Crippen LogP) is 2.10. The van der Waals surface area contributed by atoms with Crippen molar-refractivity contribution in [3.63, 3.8) is 0 Å². The van der Waals surface area contributed by atoms with Gasteiger partial charge in [0.25, 0.3) is 5.91 Å². The number of nitrogens with zero attached hydrogens (tertiary/aromatic N) is 4. The van der Waals surface area contributed by atoms with Crippen LogP contribution in [0.15, 0.2) is 59.9 Å². The van der Waals surface area contributed by atoms with Crippen LogP contribution in [0.1, 0.15) is 15.9 Å². The van der Waals surface area contributed by atoms with Gasteiger partial charge in [0, 0.05) is 44.8 Å². The molecule has 1 N–H and O–H groups in total. The molecule has 1 aromatic carbocycles. The Morgan fingerprint density at radius 2 is 2.00 bits per heavy atom. The Morgan fingerprint density at radius 3 is 2.68 bits per heavy atom. The first-order chi connectivity index (χ1) is 13.3. The molecule has 10 heteroatoms. The van der Waals surface area contributed by atoms with Gasteiger partial charge in [-0.2, -0.15) is 5.10 Å². The number of rotatable bonds is 6. The molecule has 8 nitrogen and oxygen atoms in total. The molecule has 2 aromatic heterocycles. The minimum atomic E-state index is -3.76. The molecule has 0 bridgehead atoms. The summed E-state index contributed by atoms with van der Waals surface area (Å²) >= 11 is 6.02. The molecule has 0 aliphatic rings. The summed E-state index contributed by atoms with van der Waals surface area (Å²) in [6, 6.07) is 9.52. The van der Waals surface area contributed by atoms with Gasteiger partial charge in [-0.15, -0.1) is 0 Å². The lowest BCUT2D eigenvalue weighted by molar-refractivity contribution is 0.0950. The third-order valence-electron chi connectivity index (χ3n) is 3.95. The monoisotopic (exact) mass is 419 g/mol. The quantitative estimate of drug-likeness (QED) is 0.659. The molecule has 1 amide bonds. The lowest BCUT2D eigenvalue weighted by atomic mass is 10.2. The molecule has 3 rings (SSSR count). The molecule has 0 aliphatic carbocycles. The van der Waals surface area contributed by atoms with E-state index >= 15 is 0 Å². The van der Waals surface area contributed by atoms with E-state index < -0.39 is 15.9 Å². The summed E-state index contributed by atoms with van der Waals surface area (Å²) in [5.74, 6) is 0.215. The number of nitrogens with one attached hydrogen (secondary N) is 1. The summed E-state index contributed by atoms with van der Waals surface area (Å²) in [6.45, 7) is 0.244. The van der Waals surface area contributed by atoms with Crippen LogP contribution >= 0.6 is 11.6 Å². The molecule has 3 aromatic rings. The van der Waals surface area contributed by atoms with Crippen molar-refractivity contribution in [2.75, 3.05) is 14.1 Å². The van der Waals surface area contributed by atoms with Crippen molar-refractivity contribution in [3.8, 4) is 5.82 Å². The first kappa shape index (κ1) is 20.0. The highest BCUT2D eigenvalue weighted by Crippen LogP contribution is 2.24. The number of sulfonamides is 1. The van der Waals surface area contributed by atoms with Crippen molar-refractivity contribution in [2.24, 2.45) is 0 Å². The van der Waals surface area contributed by atoms with Crippen LogP contribution in [0.2, 0.25) is 5.02 Å². The third kappa shape index (κ3) is 4.22. The van der Waals surface area contributed by atoms with Crippen molar-refractivity contribution in [3.05, 3.63) is 71.1 Å². The van der Waals surface area contributed by atoms with E-state index in [0.717, 1.165) is 9.87 Å². The number of carbonyl (C=O) groups excluding carboxylic acids is 1. The fraction of sp³-hybridized carbons (Fsp3) is 0.167. The van der Waals surface area contributed by atoms with Gasteiger partial charge < -0.3 is 5.32 Å². The zero-order valence-corrected chi connectivity index (χ0v) is 16.8. The van der Waals surface area contributed by atoms with E-state index in [2.05, 4.69) is 15.4 Å². The van der Waals surface area contributed by atoms with E-state index in [4.69, 9.17) is 11.6 Å². The molecule has 0 unspecified atom stereocenters. The SMILES string of the molecule is CN(C)S(=O)(=O)c1cc(C(=O)NCc2ccnc(-n3cccn3)c2)ccc1Cl. The summed E-state index contributed by atoms with van der Waals surface area (Å²) in [6.07, 6.45) is 5.05. The van der Waals surface area contributed by atoms with Crippen LogP contribution < -0.4 is 5.32 Å². The smallest absolute Gasteiger partial charge is 0.251 e. The van der Waals surface area contributed by atoms with Crippen LogP contribution in [0.25, 0.3) is 5.82 Å². The normalized spacial score (nSPS) is 11.6. The summed E-state index contributed by atoms with van der Waals surface area (Å²) in [4.78, 5) is 16.6. The van der Waals surface area contributed by atoms with E-state index in [1.54, 1.807) is 41.5 Å². The van der Waals surface area contributed by atoms with E-state index in [9.17, 15) is 13.2 Å². The largest absolute Gasteiger partial charge is 0.348 e. The maximum absolute atomic E-state index is 12.5. The molecular weight excluding hydrogens is 402 g/mol. The Bertz CT molecular complexity index is 1100. The fourth-order valence-electron chi connectivity index (χ4n) is 2.42. The third-order valence-corrected chi connectivity index (χ3v) is 6.25. The second kappa shape index (κ2) is 8.09. The number of pyridine rings is 1. The van der Waals surface area contributed by atoms with Gasteiger partial charge in [-0.1, -0.05) is 11.6 Å². The lowest BCUT2D eigenvalue weighted by Crippen LogP contribution is -2.25.